The minimum atomic E-state index is -0.260. The van der Waals surface area contributed by atoms with Gasteiger partial charge in [0, 0.05) is 12.6 Å². The molecule has 1 fully saturated rings. The summed E-state index contributed by atoms with van der Waals surface area (Å²) in [5, 5.41) is 8.91. The lowest BCUT2D eigenvalue weighted by Gasteiger charge is -2.34. The van der Waals surface area contributed by atoms with Gasteiger partial charge in [0.2, 0.25) is 0 Å². The van der Waals surface area contributed by atoms with Crippen LogP contribution in [0.15, 0.2) is 42.0 Å². The molecule has 0 radical (unpaired) electrons. The molecule has 1 aliphatic heterocycles. The van der Waals surface area contributed by atoms with E-state index in [0.29, 0.717) is 13.2 Å². The molecule has 1 atom stereocenters. The van der Waals surface area contributed by atoms with Crippen molar-refractivity contribution < 1.29 is 14.6 Å². The van der Waals surface area contributed by atoms with Gasteiger partial charge in [-0.3, -0.25) is 0 Å². The molecule has 4 heteroatoms. The first-order valence-electron chi connectivity index (χ1n) is 6.97. The Hall–Kier alpha value is -1.81. The molecule has 20 heavy (non-hydrogen) atoms. The Morgan fingerprint density at radius 3 is 2.85 bits per heavy atom. The lowest BCUT2D eigenvalue weighted by molar-refractivity contribution is 0.0783. The molecule has 2 rings (SSSR count). The van der Waals surface area contributed by atoms with Gasteiger partial charge in [-0.1, -0.05) is 42.0 Å². The lowest BCUT2D eigenvalue weighted by atomic mass is 9.98. The van der Waals surface area contributed by atoms with Crippen LogP contribution < -0.4 is 0 Å². The number of nitrogens with zero attached hydrogens (tertiary/aromatic N) is 1. The Bertz CT molecular complexity index is 470. The number of benzene rings is 1. The summed E-state index contributed by atoms with van der Waals surface area (Å²) in [6.45, 7) is 3.04. The lowest BCUT2D eigenvalue weighted by Crippen LogP contribution is -2.43. The summed E-state index contributed by atoms with van der Waals surface area (Å²) < 4.78 is 5.35. The number of carbonyl (C=O) groups excluding carboxylic acids is 1. The van der Waals surface area contributed by atoms with Gasteiger partial charge in [0.1, 0.15) is 6.61 Å². The van der Waals surface area contributed by atoms with E-state index in [0.717, 1.165) is 18.4 Å². The normalized spacial score (nSPS) is 21.0. The first-order chi connectivity index (χ1) is 9.70. The minimum absolute atomic E-state index is 0.0699. The van der Waals surface area contributed by atoms with Crippen molar-refractivity contribution in [2.24, 2.45) is 0 Å². The maximum absolute atomic E-state index is 12.1. The first kappa shape index (κ1) is 14.6. The van der Waals surface area contributed by atoms with E-state index in [-0.39, 0.29) is 18.7 Å². The Kier molecular flexibility index (Phi) is 5.18. The van der Waals surface area contributed by atoms with E-state index in [1.165, 1.54) is 5.57 Å². The Labute approximate surface area is 119 Å². The third-order valence-corrected chi connectivity index (χ3v) is 3.58. The van der Waals surface area contributed by atoms with Gasteiger partial charge in [0.15, 0.2) is 0 Å². The number of ether oxygens (including phenoxy) is 1. The van der Waals surface area contributed by atoms with Crippen molar-refractivity contribution in [1.29, 1.82) is 0 Å². The van der Waals surface area contributed by atoms with Crippen LogP contribution in [0.25, 0.3) is 0 Å². The molecule has 1 aromatic carbocycles. The van der Waals surface area contributed by atoms with E-state index in [1.54, 1.807) is 4.90 Å². The van der Waals surface area contributed by atoms with Crippen molar-refractivity contribution in [2.45, 2.75) is 32.4 Å². The highest BCUT2D eigenvalue weighted by Crippen LogP contribution is 2.22. The number of amides is 1. The molecule has 0 aromatic heterocycles. The highest BCUT2D eigenvalue weighted by Gasteiger charge is 2.26. The van der Waals surface area contributed by atoms with Crippen LogP contribution in [0.2, 0.25) is 0 Å². The number of carbonyl (C=O) groups is 1. The maximum atomic E-state index is 12.1. The number of hydrogen-bond acceptors (Lipinski definition) is 3. The van der Waals surface area contributed by atoms with Crippen LogP contribution in [0.1, 0.15) is 25.3 Å². The van der Waals surface area contributed by atoms with Crippen molar-refractivity contribution in [2.75, 3.05) is 13.2 Å². The predicted molar refractivity (Wildman–Crippen MR) is 77.2 cm³/mol. The van der Waals surface area contributed by atoms with E-state index < -0.39 is 0 Å². The topological polar surface area (TPSA) is 49.8 Å². The number of likely N-dealkylation sites (tertiary alicyclic amines) is 1. The maximum Gasteiger partial charge on any atom is 0.410 e. The molecule has 1 amide bonds. The smallest absolute Gasteiger partial charge is 0.410 e. The molecule has 0 spiro atoms. The fraction of sp³-hybridized carbons (Fsp3) is 0.438. The van der Waals surface area contributed by atoms with E-state index in [2.05, 4.69) is 0 Å². The van der Waals surface area contributed by atoms with Gasteiger partial charge >= 0.3 is 6.09 Å². The van der Waals surface area contributed by atoms with Crippen molar-refractivity contribution in [1.82, 2.24) is 4.90 Å². The highest BCUT2D eigenvalue weighted by atomic mass is 16.6. The quantitative estimate of drug-likeness (QED) is 0.863. The fourth-order valence-electron chi connectivity index (χ4n) is 2.46. The Morgan fingerprint density at radius 2 is 2.20 bits per heavy atom. The van der Waals surface area contributed by atoms with Crippen molar-refractivity contribution in [3.05, 3.63) is 47.5 Å². The highest BCUT2D eigenvalue weighted by molar-refractivity contribution is 5.68. The monoisotopic (exact) mass is 275 g/mol. The number of aliphatic hydroxyl groups is 1. The van der Waals surface area contributed by atoms with Gasteiger partial charge in [0.05, 0.1) is 6.61 Å². The van der Waals surface area contributed by atoms with Crippen molar-refractivity contribution in [3.63, 3.8) is 0 Å². The molecule has 1 unspecified atom stereocenters. The molecule has 1 saturated heterocycles. The molecule has 1 heterocycles. The second-order valence-corrected chi connectivity index (χ2v) is 5.08. The second-order valence-electron chi connectivity index (χ2n) is 5.08. The van der Waals surface area contributed by atoms with Gasteiger partial charge in [-0.15, -0.1) is 0 Å². The molecule has 4 nitrogen and oxygen atoms in total. The van der Waals surface area contributed by atoms with Crippen LogP contribution in [-0.2, 0) is 11.3 Å². The zero-order valence-corrected chi connectivity index (χ0v) is 11.8. The molecular formula is C16H21NO3. The molecule has 1 aromatic rings. The van der Waals surface area contributed by atoms with Gasteiger partial charge in [0.25, 0.3) is 0 Å². The van der Waals surface area contributed by atoms with Crippen molar-refractivity contribution >= 4 is 6.09 Å². The summed E-state index contributed by atoms with van der Waals surface area (Å²) in [5.41, 5.74) is 2.21. The van der Waals surface area contributed by atoms with Gasteiger partial charge in [-0.05, 0) is 25.3 Å². The SMILES string of the molecule is CC1C/C(=C\CO)CCN1C(=O)OCc1ccccc1. The largest absolute Gasteiger partial charge is 0.445 e. The Morgan fingerprint density at radius 1 is 1.45 bits per heavy atom. The van der Waals surface area contributed by atoms with Crippen LogP contribution in [0.3, 0.4) is 0 Å². The number of piperidine rings is 1. The number of hydrogen-bond donors (Lipinski definition) is 1. The standard InChI is InChI=1S/C16H21NO3/c1-13-11-14(8-10-18)7-9-17(13)16(19)20-12-15-5-3-2-4-6-15/h2-6,8,13,18H,7,9-12H2,1H3/b14-8-. The summed E-state index contributed by atoms with van der Waals surface area (Å²) >= 11 is 0. The first-order valence-corrected chi connectivity index (χ1v) is 6.97. The summed E-state index contributed by atoms with van der Waals surface area (Å²) in [7, 11) is 0. The number of aliphatic hydroxyl groups excluding tert-OH is 1. The average molecular weight is 275 g/mol. The van der Waals surface area contributed by atoms with Gasteiger partial charge in [-0.25, -0.2) is 4.79 Å². The molecule has 1 aliphatic rings. The van der Waals surface area contributed by atoms with E-state index in [1.807, 2.05) is 43.3 Å². The molecule has 1 N–H and O–H groups in total. The van der Waals surface area contributed by atoms with Crippen LogP contribution in [0, 0.1) is 0 Å². The number of rotatable bonds is 3. The molecule has 0 aliphatic carbocycles. The Balaban J connectivity index is 1.86. The van der Waals surface area contributed by atoms with E-state index in [4.69, 9.17) is 9.84 Å². The van der Waals surface area contributed by atoms with E-state index >= 15 is 0 Å². The third kappa shape index (κ3) is 3.84. The summed E-state index contributed by atoms with van der Waals surface area (Å²) in [5.74, 6) is 0. The summed E-state index contributed by atoms with van der Waals surface area (Å²) in [4.78, 5) is 13.8. The molecule has 0 saturated carbocycles. The van der Waals surface area contributed by atoms with Crippen LogP contribution >= 0.6 is 0 Å². The molecular weight excluding hydrogens is 254 g/mol. The predicted octanol–water partition coefficient (Wildman–Crippen LogP) is 2.73. The van der Waals surface area contributed by atoms with Crippen LogP contribution in [-0.4, -0.2) is 35.3 Å². The van der Waals surface area contributed by atoms with Crippen molar-refractivity contribution in [3.8, 4) is 0 Å². The summed E-state index contributed by atoms with van der Waals surface area (Å²) in [6.07, 6.45) is 3.19. The zero-order chi connectivity index (χ0) is 14.4. The second kappa shape index (κ2) is 7.10. The summed E-state index contributed by atoms with van der Waals surface area (Å²) in [6, 6.07) is 9.79. The average Bonchev–Trinajstić information content (AvgIpc) is 2.46. The zero-order valence-electron chi connectivity index (χ0n) is 11.8. The van der Waals surface area contributed by atoms with Gasteiger partial charge in [-0.2, -0.15) is 0 Å². The third-order valence-electron chi connectivity index (χ3n) is 3.58. The van der Waals surface area contributed by atoms with Crippen LogP contribution in [0.5, 0.6) is 0 Å². The molecule has 0 bridgehead atoms. The van der Waals surface area contributed by atoms with E-state index in [9.17, 15) is 4.79 Å². The molecule has 108 valence electrons. The minimum Gasteiger partial charge on any atom is -0.445 e. The fourth-order valence-corrected chi connectivity index (χ4v) is 2.46. The van der Waals surface area contributed by atoms with Gasteiger partial charge < -0.3 is 14.7 Å². The van der Waals surface area contributed by atoms with Crippen LogP contribution in [0.4, 0.5) is 4.79 Å².